The number of carbonyl (C=O) groups is 2. The lowest BCUT2D eigenvalue weighted by Crippen LogP contribution is -2.31. The number of primary amides is 1. The molecular formula is C19H18N5O2. The maximum absolute atomic E-state index is 12.5. The summed E-state index contributed by atoms with van der Waals surface area (Å²) in [5, 5.41) is 7.62. The molecule has 7 heteroatoms. The third-order valence-electron chi connectivity index (χ3n) is 4.75. The van der Waals surface area contributed by atoms with Gasteiger partial charge in [0.1, 0.15) is 0 Å². The van der Waals surface area contributed by atoms with Crippen molar-refractivity contribution in [1.29, 1.82) is 0 Å². The average Bonchev–Trinajstić information content (AvgIpc) is 3.02. The number of benzene rings is 1. The molecule has 0 unspecified atom stereocenters. The predicted molar refractivity (Wildman–Crippen MR) is 96.0 cm³/mol. The molecule has 2 amide bonds. The molecule has 0 saturated carbocycles. The number of pyridine rings is 1. The summed E-state index contributed by atoms with van der Waals surface area (Å²) in [6.45, 7) is 1.01. The van der Waals surface area contributed by atoms with Crippen LogP contribution in [0.1, 0.15) is 27.2 Å². The van der Waals surface area contributed by atoms with E-state index < -0.39 is 5.91 Å². The summed E-state index contributed by atoms with van der Waals surface area (Å²) in [6.07, 6.45) is 6.44. The molecule has 1 aromatic carbocycles. The fraction of sp³-hybridized carbons (Fsp3) is 0.211. The van der Waals surface area contributed by atoms with Gasteiger partial charge in [-0.25, -0.2) is 0 Å². The molecule has 1 aliphatic heterocycles. The maximum Gasteiger partial charge on any atom is 0.269 e. The number of carbonyl (C=O) groups excluding carboxylic acids is 2. The molecule has 1 aliphatic rings. The van der Waals surface area contributed by atoms with Crippen molar-refractivity contribution in [3.8, 4) is 0 Å². The number of aromatic amines is 1. The van der Waals surface area contributed by atoms with E-state index in [0.29, 0.717) is 24.9 Å². The Labute approximate surface area is 150 Å². The van der Waals surface area contributed by atoms with Crippen LogP contribution in [-0.2, 0) is 24.2 Å². The van der Waals surface area contributed by atoms with Gasteiger partial charge in [0.2, 0.25) is 5.91 Å². The predicted octanol–water partition coefficient (Wildman–Crippen LogP) is 1.39. The highest BCUT2D eigenvalue weighted by molar-refractivity contribution is 6.05. The van der Waals surface area contributed by atoms with Crippen molar-refractivity contribution in [2.24, 2.45) is 5.73 Å². The van der Waals surface area contributed by atoms with Crippen LogP contribution in [0.5, 0.6) is 0 Å². The third kappa shape index (κ3) is 2.92. The van der Waals surface area contributed by atoms with Gasteiger partial charge in [-0.2, -0.15) is 5.10 Å². The average molecular weight is 348 g/mol. The van der Waals surface area contributed by atoms with Crippen LogP contribution < -0.4 is 5.73 Å². The van der Waals surface area contributed by atoms with Gasteiger partial charge in [0.25, 0.3) is 5.91 Å². The van der Waals surface area contributed by atoms with E-state index in [0.717, 1.165) is 28.6 Å². The summed E-state index contributed by atoms with van der Waals surface area (Å²) < 4.78 is 0. The number of nitrogens with zero attached hydrogens (tertiary/aromatic N) is 3. The Morgan fingerprint density at radius 2 is 2.04 bits per heavy atom. The van der Waals surface area contributed by atoms with Gasteiger partial charge >= 0.3 is 0 Å². The summed E-state index contributed by atoms with van der Waals surface area (Å²) in [6, 6.07) is 7.73. The van der Waals surface area contributed by atoms with E-state index in [4.69, 9.17) is 5.73 Å². The summed E-state index contributed by atoms with van der Waals surface area (Å²) in [5.74, 6) is -0.583. The van der Waals surface area contributed by atoms with E-state index in [1.165, 1.54) is 0 Å². The smallest absolute Gasteiger partial charge is 0.269 e. The number of hydrogen-bond donors (Lipinski definition) is 2. The maximum atomic E-state index is 12.5. The molecule has 3 heterocycles. The van der Waals surface area contributed by atoms with Gasteiger partial charge in [0.05, 0.1) is 11.9 Å². The Morgan fingerprint density at radius 3 is 2.81 bits per heavy atom. The first-order chi connectivity index (χ1) is 12.6. The molecule has 1 radical (unpaired) electrons. The summed E-state index contributed by atoms with van der Waals surface area (Å²) in [5.41, 5.74) is 9.52. The van der Waals surface area contributed by atoms with Gasteiger partial charge < -0.3 is 10.6 Å². The SMILES string of the molecule is NC(=O)c1n[nH]c2ccc3c(c12)CN(CCc1ccncc1)C(=O)[CH]C3. The number of rotatable bonds is 4. The zero-order valence-corrected chi connectivity index (χ0v) is 14.1. The number of H-pyrrole nitrogens is 1. The number of hydrogen-bond acceptors (Lipinski definition) is 4. The largest absolute Gasteiger partial charge is 0.364 e. The van der Waals surface area contributed by atoms with Crippen molar-refractivity contribution >= 4 is 22.7 Å². The molecule has 0 saturated heterocycles. The monoisotopic (exact) mass is 348 g/mol. The molecule has 0 bridgehead atoms. The zero-order valence-electron chi connectivity index (χ0n) is 14.1. The van der Waals surface area contributed by atoms with Crippen molar-refractivity contribution < 1.29 is 9.59 Å². The summed E-state index contributed by atoms with van der Waals surface area (Å²) in [4.78, 5) is 30.1. The van der Waals surface area contributed by atoms with E-state index in [9.17, 15) is 9.59 Å². The van der Waals surface area contributed by atoms with Gasteiger partial charge in [-0.3, -0.25) is 19.7 Å². The number of nitrogens with one attached hydrogen (secondary N) is 1. The van der Waals surface area contributed by atoms with Gasteiger partial charge in [0, 0.05) is 30.9 Å². The highest BCUT2D eigenvalue weighted by Crippen LogP contribution is 2.29. The van der Waals surface area contributed by atoms with Crippen LogP contribution in [0.15, 0.2) is 36.7 Å². The molecule has 3 aromatic rings. The van der Waals surface area contributed by atoms with E-state index in [1.54, 1.807) is 23.7 Å². The summed E-state index contributed by atoms with van der Waals surface area (Å²) in [7, 11) is 0. The van der Waals surface area contributed by atoms with Gasteiger partial charge in [-0.1, -0.05) is 6.07 Å². The van der Waals surface area contributed by atoms with E-state index in [2.05, 4.69) is 15.2 Å². The molecule has 7 nitrogen and oxygen atoms in total. The van der Waals surface area contributed by atoms with Crippen LogP contribution in [0, 0.1) is 6.42 Å². The molecule has 0 fully saturated rings. The standard InChI is InChI=1S/C19H18N5O2/c20-19(26)18-17-14-11-24(10-7-12-5-8-21-9-6-12)16(25)4-2-13(14)1-3-15(17)22-23-18/h1,3-6,8-9H,2,7,10-11H2,(H2,20,26)(H,22,23). The second-order valence-corrected chi connectivity index (χ2v) is 6.34. The Hall–Kier alpha value is -3.22. The van der Waals surface area contributed by atoms with Crippen molar-refractivity contribution in [2.75, 3.05) is 6.54 Å². The second kappa shape index (κ2) is 6.59. The number of amides is 2. The lowest BCUT2D eigenvalue weighted by Gasteiger charge is -2.21. The fourth-order valence-corrected chi connectivity index (χ4v) is 3.37. The number of fused-ring (bicyclic) bond motifs is 3. The van der Waals surface area contributed by atoms with E-state index in [-0.39, 0.29) is 11.6 Å². The third-order valence-corrected chi connectivity index (χ3v) is 4.75. The van der Waals surface area contributed by atoms with Gasteiger partial charge in [0.15, 0.2) is 5.69 Å². The van der Waals surface area contributed by atoms with E-state index >= 15 is 0 Å². The lowest BCUT2D eigenvalue weighted by molar-refractivity contribution is -0.128. The molecule has 4 rings (SSSR count). The second-order valence-electron chi connectivity index (χ2n) is 6.34. The van der Waals surface area contributed by atoms with E-state index in [1.807, 2.05) is 24.3 Å². The Kier molecular flexibility index (Phi) is 4.12. The number of nitrogens with two attached hydrogens (primary N) is 1. The highest BCUT2D eigenvalue weighted by atomic mass is 16.2. The van der Waals surface area contributed by atoms with Crippen LogP contribution in [0.2, 0.25) is 0 Å². The first-order valence-corrected chi connectivity index (χ1v) is 8.43. The molecule has 2 aromatic heterocycles. The molecule has 0 aliphatic carbocycles. The minimum Gasteiger partial charge on any atom is -0.364 e. The summed E-state index contributed by atoms with van der Waals surface area (Å²) >= 11 is 0. The first kappa shape index (κ1) is 16.3. The Bertz CT molecular complexity index is 980. The van der Waals surface area contributed by atoms with Crippen molar-refractivity contribution in [3.05, 3.63) is 65.5 Å². The van der Waals surface area contributed by atoms with Crippen LogP contribution in [-0.4, -0.2) is 38.4 Å². The first-order valence-electron chi connectivity index (χ1n) is 8.43. The van der Waals surface area contributed by atoms with Crippen LogP contribution in [0.3, 0.4) is 0 Å². The molecular weight excluding hydrogens is 330 g/mol. The van der Waals surface area contributed by atoms with Gasteiger partial charge in [-0.05, 0) is 47.7 Å². The molecule has 3 N–H and O–H groups in total. The van der Waals surface area contributed by atoms with Crippen LogP contribution in [0.4, 0.5) is 0 Å². The quantitative estimate of drug-likeness (QED) is 0.743. The highest BCUT2D eigenvalue weighted by Gasteiger charge is 2.25. The minimum absolute atomic E-state index is 0.00692. The normalized spacial score (nSPS) is 14.3. The molecule has 0 spiro atoms. The van der Waals surface area contributed by atoms with Crippen molar-refractivity contribution in [2.45, 2.75) is 19.4 Å². The topological polar surface area (TPSA) is 105 Å². The van der Waals surface area contributed by atoms with Crippen LogP contribution in [0.25, 0.3) is 10.9 Å². The van der Waals surface area contributed by atoms with Gasteiger partial charge in [-0.15, -0.1) is 0 Å². The fourth-order valence-electron chi connectivity index (χ4n) is 3.37. The molecule has 26 heavy (non-hydrogen) atoms. The molecule has 131 valence electrons. The molecule has 0 atom stereocenters. The van der Waals surface area contributed by atoms with Crippen LogP contribution >= 0.6 is 0 Å². The minimum atomic E-state index is -0.576. The van der Waals surface area contributed by atoms with Crippen molar-refractivity contribution in [1.82, 2.24) is 20.1 Å². The Balaban J connectivity index is 1.68. The Morgan fingerprint density at radius 1 is 1.23 bits per heavy atom. The lowest BCUT2D eigenvalue weighted by atomic mass is 9.98. The van der Waals surface area contributed by atoms with Crippen molar-refractivity contribution in [3.63, 3.8) is 0 Å². The number of aromatic nitrogens is 3. The zero-order chi connectivity index (χ0) is 18.1.